The molecule has 3 rings (SSSR count). The molecule has 0 spiro atoms. The maximum absolute atomic E-state index is 14.0. The summed E-state index contributed by atoms with van der Waals surface area (Å²) in [6, 6.07) is 6.97. The van der Waals surface area contributed by atoms with Crippen LogP contribution < -0.4 is 4.74 Å². The fourth-order valence-corrected chi connectivity index (χ4v) is 2.74. The van der Waals surface area contributed by atoms with Crippen molar-refractivity contribution >= 4 is 11.6 Å². The van der Waals surface area contributed by atoms with Crippen LogP contribution in [0.2, 0.25) is 5.02 Å². The van der Waals surface area contributed by atoms with Gasteiger partial charge in [-0.05, 0) is 38.4 Å². The van der Waals surface area contributed by atoms with Gasteiger partial charge in [-0.3, -0.25) is 4.90 Å². The lowest BCUT2D eigenvalue weighted by Crippen LogP contribution is -2.31. The highest BCUT2D eigenvalue weighted by molar-refractivity contribution is 6.31. The van der Waals surface area contributed by atoms with Gasteiger partial charge in [-0.15, -0.1) is 0 Å². The predicted molar refractivity (Wildman–Crippen MR) is 78.6 cm³/mol. The lowest BCUT2D eigenvalue weighted by Gasteiger charge is -2.19. The fourth-order valence-electron chi connectivity index (χ4n) is 2.50. The number of nitrogens with zero attached hydrogens (tertiary/aromatic N) is 1. The summed E-state index contributed by atoms with van der Waals surface area (Å²) in [6.45, 7) is 0. The number of benzene rings is 2. The summed E-state index contributed by atoms with van der Waals surface area (Å²) in [5.74, 6) is -0.623. The van der Waals surface area contributed by atoms with Gasteiger partial charge < -0.3 is 4.74 Å². The first-order chi connectivity index (χ1) is 9.95. The van der Waals surface area contributed by atoms with E-state index in [1.807, 2.05) is 25.1 Å². The Labute approximate surface area is 126 Å². The Balaban J connectivity index is 2.13. The van der Waals surface area contributed by atoms with E-state index in [-0.39, 0.29) is 11.8 Å². The van der Waals surface area contributed by atoms with Crippen LogP contribution in [0.15, 0.2) is 30.3 Å². The lowest BCUT2D eigenvalue weighted by atomic mass is 10.0. The normalized spacial score (nSPS) is 17.0. The molecule has 1 atom stereocenters. The van der Waals surface area contributed by atoms with Crippen LogP contribution in [0, 0.1) is 11.6 Å². The third kappa shape index (κ3) is 2.61. The van der Waals surface area contributed by atoms with Gasteiger partial charge in [0.25, 0.3) is 0 Å². The molecule has 0 saturated heterocycles. The zero-order valence-electron chi connectivity index (χ0n) is 11.7. The quantitative estimate of drug-likeness (QED) is 0.828. The van der Waals surface area contributed by atoms with Crippen molar-refractivity contribution in [1.29, 1.82) is 0 Å². The number of likely N-dealkylation sites (N-methyl/N-ethyl adjacent to an activating group) is 1. The van der Waals surface area contributed by atoms with Crippen LogP contribution in [-0.4, -0.2) is 25.2 Å². The maximum atomic E-state index is 14.0. The molecule has 0 radical (unpaired) electrons. The van der Waals surface area contributed by atoms with E-state index in [1.165, 1.54) is 12.1 Å². The highest BCUT2D eigenvalue weighted by Gasteiger charge is 2.28. The second kappa shape index (κ2) is 5.28. The molecule has 1 heterocycles. The van der Waals surface area contributed by atoms with E-state index in [2.05, 4.69) is 0 Å². The van der Waals surface area contributed by atoms with Crippen molar-refractivity contribution in [1.82, 2.24) is 4.90 Å². The first kappa shape index (κ1) is 14.3. The van der Waals surface area contributed by atoms with Gasteiger partial charge in [-0.2, -0.15) is 0 Å². The molecule has 0 aromatic heterocycles. The smallest absolute Gasteiger partial charge is 0.156 e. The standard InChI is InChI=1S/C16H14ClF2NO/c1-20(2)15-6-9-5-10(17)7-13(16(9)21-15)12-4-3-11(18)8-14(12)19/h3-5,7-8,15H,6H2,1-2H3. The Kier molecular flexibility index (Phi) is 3.59. The van der Waals surface area contributed by atoms with Crippen LogP contribution in [0.3, 0.4) is 0 Å². The minimum Gasteiger partial charge on any atom is -0.474 e. The molecule has 1 aliphatic heterocycles. The van der Waals surface area contributed by atoms with Gasteiger partial charge in [0, 0.05) is 34.2 Å². The molecule has 0 saturated carbocycles. The van der Waals surface area contributed by atoms with Gasteiger partial charge in [-0.1, -0.05) is 11.6 Å². The molecule has 0 bridgehead atoms. The molecule has 0 amide bonds. The molecule has 2 aromatic carbocycles. The SMILES string of the molecule is CN(C)C1Cc2cc(Cl)cc(-c3ccc(F)cc3F)c2O1. The summed E-state index contributed by atoms with van der Waals surface area (Å²) in [5, 5.41) is 0.510. The molecule has 2 nitrogen and oxygen atoms in total. The fraction of sp³-hybridized carbons (Fsp3) is 0.250. The predicted octanol–water partition coefficient (Wildman–Crippen LogP) is 4.11. The first-order valence-corrected chi connectivity index (χ1v) is 6.94. The maximum Gasteiger partial charge on any atom is 0.156 e. The minimum atomic E-state index is -0.628. The Bertz CT molecular complexity index is 703. The summed E-state index contributed by atoms with van der Waals surface area (Å²) >= 11 is 6.12. The molecular formula is C16H14ClF2NO. The van der Waals surface area contributed by atoms with Crippen molar-refractivity contribution in [2.45, 2.75) is 12.6 Å². The molecule has 110 valence electrons. The van der Waals surface area contributed by atoms with Gasteiger partial charge in [0.05, 0.1) is 0 Å². The van der Waals surface area contributed by atoms with Crippen LogP contribution in [0.4, 0.5) is 8.78 Å². The summed E-state index contributed by atoms with van der Waals surface area (Å²) in [5.41, 5.74) is 1.77. The van der Waals surface area contributed by atoms with Gasteiger partial charge in [0.1, 0.15) is 17.4 Å². The van der Waals surface area contributed by atoms with Crippen molar-refractivity contribution in [3.05, 3.63) is 52.6 Å². The van der Waals surface area contributed by atoms with Crippen LogP contribution in [0.25, 0.3) is 11.1 Å². The average Bonchev–Trinajstić information content (AvgIpc) is 2.82. The van der Waals surface area contributed by atoms with Gasteiger partial charge in [0.2, 0.25) is 0 Å². The van der Waals surface area contributed by atoms with Crippen molar-refractivity contribution in [3.63, 3.8) is 0 Å². The summed E-state index contributed by atoms with van der Waals surface area (Å²) < 4.78 is 33.0. The molecule has 5 heteroatoms. The third-order valence-corrected chi connectivity index (χ3v) is 3.79. The Morgan fingerprint density at radius 2 is 1.90 bits per heavy atom. The van der Waals surface area contributed by atoms with Crippen molar-refractivity contribution in [2.75, 3.05) is 14.1 Å². The van der Waals surface area contributed by atoms with E-state index in [0.29, 0.717) is 22.8 Å². The van der Waals surface area contributed by atoms with E-state index < -0.39 is 11.6 Å². The number of hydrogen-bond donors (Lipinski definition) is 0. The van der Waals surface area contributed by atoms with Gasteiger partial charge in [0.15, 0.2) is 6.23 Å². The van der Waals surface area contributed by atoms with Crippen LogP contribution in [0.1, 0.15) is 5.56 Å². The first-order valence-electron chi connectivity index (χ1n) is 6.56. The largest absolute Gasteiger partial charge is 0.474 e. The minimum absolute atomic E-state index is 0.110. The summed E-state index contributed by atoms with van der Waals surface area (Å²) in [7, 11) is 3.83. The van der Waals surface area contributed by atoms with E-state index >= 15 is 0 Å². The molecular weight excluding hydrogens is 296 g/mol. The Morgan fingerprint density at radius 3 is 2.57 bits per heavy atom. The Hall–Kier alpha value is -1.65. The summed E-state index contributed by atoms with van der Waals surface area (Å²) in [6.07, 6.45) is 0.569. The van der Waals surface area contributed by atoms with Gasteiger partial charge in [-0.25, -0.2) is 8.78 Å². The number of rotatable bonds is 2. The average molecular weight is 310 g/mol. The Morgan fingerprint density at radius 1 is 1.14 bits per heavy atom. The number of fused-ring (bicyclic) bond motifs is 1. The van der Waals surface area contributed by atoms with Crippen molar-refractivity contribution in [2.24, 2.45) is 0 Å². The highest BCUT2D eigenvalue weighted by atomic mass is 35.5. The molecule has 0 fully saturated rings. The topological polar surface area (TPSA) is 12.5 Å². The second-order valence-electron chi connectivity index (χ2n) is 5.31. The number of halogens is 3. The molecule has 1 unspecified atom stereocenters. The molecule has 1 aliphatic rings. The number of hydrogen-bond acceptors (Lipinski definition) is 2. The molecule has 21 heavy (non-hydrogen) atoms. The zero-order chi connectivity index (χ0) is 15.1. The van der Waals surface area contributed by atoms with E-state index in [9.17, 15) is 8.78 Å². The monoisotopic (exact) mass is 309 g/mol. The second-order valence-corrected chi connectivity index (χ2v) is 5.74. The molecule has 0 N–H and O–H groups in total. The van der Waals surface area contributed by atoms with Crippen molar-refractivity contribution < 1.29 is 13.5 Å². The van der Waals surface area contributed by atoms with E-state index in [1.54, 1.807) is 6.07 Å². The molecule has 2 aromatic rings. The summed E-state index contributed by atoms with van der Waals surface area (Å²) in [4.78, 5) is 1.94. The zero-order valence-corrected chi connectivity index (χ0v) is 12.4. The van der Waals surface area contributed by atoms with Crippen LogP contribution >= 0.6 is 11.6 Å². The number of ether oxygens (including phenoxy) is 1. The van der Waals surface area contributed by atoms with E-state index in [0.717, 1.165) is 11.6 Å². The van der Waals surface area contributed by atoms with Crippen molar-refractivity contribution in [3.8, 4) is 16.9 Å². The third-order valence-electron chi connectivity index (χ3n) is 3.58. The van der Waals surface area contributed by atoms with E-state index in [4.69, 9.17) is 16.3 Å². The van der Waals surface area contributed by atoms with Gasteiger partial charge >= 0.3 is 0 Å². The lowest BCUT2D eigenvalue weighted by molar-refractivity contribution is 0.0866. The molecule has 0 aliphatic carbocycles. The highest BCUT2D eigenvalue weighted by Crippen LogP contribution is 2.42. The van der Waals surface area contributed by atoms with Crippen LogP contribution in [-0.2, 0) is 6.42 Å². The van der Waals surface area contributed by atoms with Crippen LogP contribution in [0.5, 0.6) is 5.75 Å².